The van der Waals surface area contributed by atoms with E-state index in [0.29, 0.717) is 12.2 Å². The van der Waals surface area contributed by atoms with Crippen LogP contribution >= 0.6 is 0 Å². The molecule has 0 saturated heterocycles. The molecule has 6 heteroatoms. The molecule has 13 heavy (non-hydrogen) atoms. The second-order valence-corrected chi connectivity index (χ2v) is 2.54. The third-order valence-corrected chi connectivity index (χ3v) is 1.66. The molecule has 0 unspecified atom stereocenters. The maximum absolute atomic E-state index is 12.1. The number of alkyl halides is 3. The van der Waals surface area contributed by atoms with Crippen LogP contribution < -0.4 is 5.73 Å². The van der Waals surface area contributed by atoms with Crippen LogP contribution in [0.2, 0.25) is 0 Å². The number of hydrogen-bond donors (Lipinski definition) is 1. The molecular weight excluding hydrogens is 183 g/mol. The van der Waals surface area contributed by atoms with Gasteiger partial charge in [-0.3, -0.25) is 4.68 Å². The van der Waals surface area contributed by atoms with Gasteiger partial charge in [-0.1, -0.05) is 0 Å². The number of rotatable bonds is 2. The Morgan fingerprint density at radius 3 is 2.46 bits per heavy atom. The molecule has 0 aliphatic carbocycles. The lowest BCUT2D eigenvalue weighted by molar-refractivity contribution is -0.141. The summed E-state index contributed by atoms with van der Waals surface area (Å²) < 4.78 is 37.7. The van der Waals surface area contributed by atoms with E-state index >= 15 is 0 Å². The zero-order valence-corrected chi connectivity index (χ0v) is 7.10. The standard InChI is InChI=1S/C7H10F3N3/c1-2-13-5(4-11)3-6(12-13)7(8,9)10/h3H,2,4,11H2,1H3. The predicted molar refractivity (Wildman–Crippen MR) is 40.8 cm³/mol. The lowest BCUT2D eigenvalue weighted by atomic mass is 10.3. The maximum atomic E-state index is 12.1. The summed E-state index contributed by atoms with van der Waals surface area (Å²) in [7, 11) is 0. The number of aromatic nitrogens is 2. The van der Waals surface area contributed by atoms with Crippen molar-refractivity contribution in [3.8, 4) is 0 Å². The summed E-state index contributed by atoms with van der Waals surface area (Å²) in [5, 5.41) is 3.38. The van der Waals surface area contributed by atoms with Crippen molar-refractivity contribution in [2.45, 2.75) is 26.2 Å². The van der Waals surface area contributed by atoms with Crippen LogP contribution in [0.15, 0.2) is 6.07 Å². The molecule has 0 spiro atoms. The zero-order chi connectivity index (χ0) is 10.1. The first kappa shape index (κ1) is 10.0. The molecule has 1 aromatic rings. The molecule has 74 valence electrons. The molecule has 0 fully saturated rings. The summed E-state index contributed by atoms with van der Waals surface area (Å²) in [6, 6.07) is 0.976. The Morgan fingerprint density at radius 1 is 1.54 bits per heavy atom. The monoisotopic (exact) mass is 193 g/mol. The first-order valence-electron chi connectivity index (χ1n) is 3.83. The molecule has 3 nitrogen and oxygen atoms in total. The van der Waals surface area contributed by atoms with E-state index in [1.165, 1.54) is 4.68 Å². The van der Waals surface area contributed by atoms with Gasteiger partial charge >= 0.3 is 6.18 Å². The van der Waals surface area contributed by atoms with E-state index in [9.17, 15) is 13.2 Å². The van der Waals surface area contributed by atoms with E-state index in [-0.39, 0.29) is 6.54 Å². The Morgan fingerprint density at radius 2 is 2.15 bits per heavy atom. The minimum Gasteiger partial charge on any atom is -0.325 e. The van der Waals surface area contributed by atoms with Gasteiger partial charge in [0.1, 0.15) is 0 Å². The van der Waals surface area contributed by atoms with Crippen molar-refractivity contribution in [3.63, 3.8) is 0 Å². The van der Waals surface area contributed by atoms with Gasteiger partial charge in [-0.05, 0) is 13.0 Å². The molecule has 1 aromatic heterocycles. The van der Waals surface area contributed by atoms with Crippen LogP contribution in [0.3, 0.4) is 0 Å². The Labute approximate surface area is 73.3 Å². The predicted octanol–water partition coefficient (Wildman–Crippen LogP) is 1.38. The highest BCUT2D eigenvalue weighted by Gasteiger charge is 2.34. The maximum Gasteiger partial charge on any atom is 0.435 e. The average molecular weight is 193 g/mol. The summed E-state index contributed by atoms with van der Waals surface area (Å²) in [5.74, 6) is 0. The van der Waals surface area contributed by atoms with Gasteiger partial charge in [0.25, 0.3) is 0 Å². The Balaban J connectivity index is 3.07. The van der Waals surface area contributed by atoms with E-state index in [1.807, 2.05) is 0 Å². The minimum absolute atomic E-state index is 0.0664. The normalized spacial score (nSPS) is 12.1. The molecule has 0 aromatic carbocycles. The van der Waals surface area contributed by atoms with Crippen molar-refractivity contribution in [1.82, 2.24) is 9.78 Å². The van der Waals surface area contributed by atoms with Crippen LogP contribution in [0.5, 0.6) is 0 Å². The van der Waals surface area contributed by atoms with Crippen molar-refractivity contribution >= 4 is 0 Å². The van der Waals surface area contributed by atoms with E-state index in [2.05, 4.69) is 5.10 Å². The van der Waals surface area contributed by atoms with Crippen LogP contribution in [0.4, 0.5) is 13.2 Å². The van der Waals surface area contributed by atoms with Gasteiger partial charge in [-0.25, -0.2) is 0 Å². The fraction of sp³-hybridized carbons (Fsp3) is 0.571. The molecule has 0 radical (unpaired) electrons. The highest BCUT2D eigenvalue weighted by molar-refractivity contribution is 5.12. The van der Waals surface area contributed by atoms with Gasteiger partial charge in [0.2, 0.25) is 0 Å². The Kier molecular flexibility index (Phi) is 2.60. The van der Waals surface area contributed by atoms with Gasteiger partial charge in [0, 0.05) is 13.1 Å². The van der Waals surface area contributed by atoms with Gasteiger partial charge < -0.3 is 5.73 Å². The number of halogens is 3. The van der Waals surface area contributed by atoms with Crippen molar-refractivity contribution in [2.75, 3.05) is 0 Å². The summed E-state index contributed by atoms with van der Waals surface area (Å²) in [5.41, 5.74) is 4.77. The zero-order valence-electron chi connectivity index (χ0n) is 7.10. The Bertz CT molecular complexity index is 268. The van der Waals surface area contributed by atoms with Crippen molar-refractivity contribution in [3.05, 3.63) is 17.5 Å². The van der Waals surface area contributed by atoms with Gasteiger partial charge in [0.15, 0.2) is 5.69 Å². The highest BCUT2D eigenvalue weighted by atomic mass is 19.4. The minimum atomic E-state index is -4.38. The molecule has 1 heterocycles. The molecule has 0 aliphatic heterocycles. The fourth-order valence-corrected chi connectivity index (χ4v) is 1.03. The van der Waals surface area contributed by atoms with E-state index in [0.717, 1.165) is 6.07 Å². The molecule has 0 saturated carbocycles. The van der Waals surface area contributed by atoms with E-state index in [1.54, 1.807) is 6.92 Å². The lowest BCUT2D eigenvalue weighted by Crippen LogP contribution is -2.09. The Hall–Kier alpha value is -1.04. The third-order valence-electron chi connectivity index (χ3n) is 1.66. The lowest BCUT2D eigenvalue weighted by Gasteiger charge is -2.00. The van der Waals surface area contributed by atoms with E-state index < -0.39 is 11.9 Å². The topological polar surface area (TPSA) is 43.8 Å². The molecule has 0 atom stereocenters. The number of nitrogens with zero attached hydrogens (tertiary/aromatic N) is 2. The second kappa shape index (κ2) is 3.37. The molecular formula is C7H10F3N3. The van der Waals surface area contributed by atoms with Crippen LogP contribution in [-0.4, -0.2) is 9.78 Å². The molecule has 0 aliphatic rings. The van der Waals surface area contributed by atoms with Gasteiger partial charge in [0.05, 0.1) is 5.69 Å². The molecule has 1 rings (SSSR count). The second-order valence-electron chi connectivity index (χ2n) is 2.54. The molecule has 0 bridgehead atoms. The summed E-state index contributed by atoms with van der Waals surface area (Å²) in [4.78, 5) is 0. The third kappa shape index (κ3) is 2.00. The smallest absolute Gasteiger partial charge is 0.325 e. The summed E-state index contributed by atoms with van der Waals surface area (Å²) in [6.45, 7) is 2.17. The first-order chi connectivity index (χ1) is 5.99. The highest BCUT2D eigenvalue weighted by Crippen LogP contribution is 2.28. The largest absolute Gasteiger partial charge is 0.435 e. The summed E-state index contributed by atoms with van der Waals surface area (Å²) in [6.07, 6.45) is -4.38. The van der Waals surface area contributed by atoms with E-state index in [4.69, 9.17) is 5.73 Å². The number of hydrogen-bond acceptors (Lipinski definition) is 2. The van der Waals surface area contributed by atoms with Crippen molar-refractivity contribution in [2.24, 2.45) is 5.73 Å². The van der Waals surface area contributed by atoms with Gasteiger partial charge in [-0.15, -0.1) is 0 Å². The van der Waals surface area contributed by atoms with Gasteiger partial charge in [-0.2, -0.15) is 18.3 Å². The molecule has 2 N–H and O–H groups in total. The number of nitrogens with two attached hydrogens (primary N) is 1. The van der Waals surface area contributed by atoms with Crippen LogP contribution in [0.25, 0.3) is 0 Å². The average Bonchev–Trinajstić information content (AvgIpc) is 2.45. The van der Waals surface area contributed by atoms with Crippen LogP contribution in [0, 0.1) is 0 Å². The quantitative estimate of drug-likeness (QED) is 0.771. The fourth-order valence-electron chi connectivity index (χ4n) is 1.03. The van der Waals surface area contributed by atoms with Crippen LogP contribution in [-0.2, 0) is 19.3 Å². The SMILES string of the molecule is CCn1nc(C(F)(F)F)cc1CN. The first-order valence-corrected chi connectivity index (χ1v) is 3.83. The summed E-state index contributed by atoms with van der Waals surface area (Å²) >= 11 is 0. The van der Waals surface area contributed by atoms with Crippen LogP contribution in [0.1, 0.15) is 18.3 Å². The number of aryl methyl sites for hydroxylation is 1. The molecule has 0 amide bonds. The van der Waals surface area contributed by atoms with Crippen molar-refractivity contribution < 1.29 is 13.2 Å². The van der Waals surface area contributed by atoms with Crippen molar-refractivity contribution in [1.29, 1.82) is 0 Å².